The molecular formula is C12H18N4O7. The lowest BCUT2D eigenvalue weighted by molar-refractivity contribution is -0.136. The summed E-state index contributed by atoms with van der Waals surface area (Å²) in [7, 11) is 0. The maximum atomic E-state index is 11.3. The van der Waals surface area contributed by atoms with Crippen molar-refractivity contribution >= 4 is 17.8 Å². The van der Waals surface area contributed by atoms with Gasteiger partial charge in [0.05, 0.1) is 12.3 Å². The minimum atomic E-state index is -1.82. The number of nitrogens with one attached hydrogen (secondary N) is 1. The smallest absolute Gasteiger partial charge is 0.371 e. The lowest BCUT2D eigenvalue weighted by Crippen LogP contribution is -2.40. The summed E-state index contributed by atoms with van der Waals surface area (Å²) in [5.74, 6) is -3.57. The molecule has 128 valence electrons. The number of hydrogen-bond donors (Lipinski definition) is 7. The number of carboxylic acid groups (broad SMARTS) is 1. The van der Waals surface area contributed by atoms with Gasteiger partial charge in [-0.1, -0.05) is 0 Å². The molecule has 0 saturated heterocycles. The second-order valence-electron chi connectivity index (χ2n) is 4.59. The Morgan fingerprint density at radius 2 is 2.04 bits per heavy atom. The first-order valence-corrected chi connectivity index (χ1v) is 6.37. The van der Waals surface area contributed by atoms with Crippen molar-refractivity contribution in [1.82, 2.24) is 5.32 Å². The van der Waals surface area contributed by atoms with Crippen LogP contribution in [0.3, 0.4) is 0 Å². The molecule has 11 nitrogen and oxygen atoms in total. The predicted molar refractivity (Wildman–Crippen MR) is 76.3 cm³/mol. The van der Waals surface area contributed by atoms with Gasteiger partial charge in [0.25, 0.3) is 0 Å². The molecule has 9 N–H and O–H groups in total. The van der Waals surface area contributed by atoms with Crippen LogP contribution < -0.4 is 16.8 Å². The van der Waals surface area contributed by atoms with Crippen LogP contribution >= 0.6 is 0 Å². The zero-order valence-corrected chi connectivity index (χ0v) is 12.1. The Hall–Kier alpha value is -2.63. The van der Waals surface area contributed by atoms with Crippen LogP contribution in [0.15, 0.2) is 28.3 Å². The average Bonchev–Trinajstić information content (AvgIpc) is 2.45. The number of nitrogens with two attached hydrogens (primary N) is 2. The Bertz CT molecular complexity index is 580. The fourth-order valence-corrected chi connectivity index (χ4v) is 1.78. The highest BCUT2D eigenvalue weighted by molar-refractivity contribution is 5.86. The van der Waals surface area contributed by atoms with E-state index in [2.05, 4.69) is 10.3 Å². The molecule has 3 atom stereocenters. The molecule has 0 bridgehead atoms. The Kier molecular flexibility index (Phi) is 6.07. The van der Waals surface area contributed by atoms with Gasteiger partial charge in [0.1, 0.15) is 18.2 Å². The fourth-order valence-electron chi connectivity index (χ4n) is 1.78. The number of rotatable bonds is 6. The molecule has 0 saturated carbocycles. The Balaban J connectivity index is 3.42. The van der Waals surface area contributed by atoms with E-state index >= 15 is 0 Å². The van der Waals surface area contributed by atoms with E-state index in [-0.39, 0.29) is 5.70 Å². The molecule has 1 aliphatic heterocycles. The summed E-state index contributed by atoms with van der Waals surface area (Å²) in [4.78, 5) is 26.2. The van der Waals surface area contributed by atoms with Crippen molar-refractivity contribution in [3.05, 3.63) is 23.3 Å². The fraction of sp³-hybridized carbons (Fsp3) is 0.417. The highest BCUT2D eigenvalue weighted by Crippen LogP contribution is 2.26. The molecule has 0 aromatic rings. The normalized spacial score (nSPS) is 20.0. The number of ether oxygens (including phenoxy) is 1. The molecule has 0 aliphatic carbocycles. The van der Waals surface area contributed by atoms with Crippen LogP contribution in [0.4, 0.5) is 0 Å². The quantitative estimate of drug-likeness (QED) is 0.192. The average molecular weight is 330 g/mol. The van der Waals surface area contributed by atoms with Gasteiger partial charge in [-0.15, -0.1) is 0 Å². The van der Waals surface area contributed by atoms with E-state index in [1.807, 2.05) is 0 Å². The predicted octanol–water partition coefficient (Wildman–Crippen LogP) is -3.31. The summed E-state index contributed by atoms with van der Waals surface area (Å²) in [6.07, 6.45) is -2.49. The van der Waals surface area contributed by atoms with E-state index in [9.17, 15) is 19.8 Å². The van der Waals surface area contributed by atoms with Crippen LogP contribution in [0.5, 0.6) is 0 Å². The Morgan fingerprint density at radius 1 is 1.43 bits per heavy atom. The number of aliphatic carboxylic acids is 1. The van der Waals surface area contributed by atoms with Crippen molar-refractivity contribution < 1.29 is 34.8 Å². The van der Waals surface area contributed by atoms with Gasteiger partial charge >= 0.3 is 5.97 Å². The van der Waals surface area contributed by atoms with Crippen LogP contribution in [-0.2, 0) is 14.3 Å². The summed E-state index contributed by atoms with van der Waals surface area (Å²) < 4.78 is 5.01. The van der Waals surface area contributed by atoms with Crippen LogP contribution in [0.25, 0.3) is 0 Å². The minimum absolute atomic E-state index is 0.157. The number of carbonyl (C=O) groups is 2. The summed E-state index contributed by atoms with van der Waals surface area (Å²) in [6, 6.07) is -1.17. The molecule has 0 radical (unpaired) electrons. The first-order valence-electron chi connectivity index (χ1n) is 6.37. The maximum Gasteiger partial charge on any atom is 0.371 e. The van der Waals surface area contributed by atoms with Crippen molar-refractivity contribution in [2.45, 2.75) is 25.2 Å². The molecule has 0 aromatic carbocycles. The standard InChI is InChI=1S/C12H18N4O7/c1-4(18)15-8-5(16-12(13)14)2-7(11(21)22)23-10(8)9(20)6(19)3-17/h2,5-6,9,17,19-20H,3H2,1H3,(H,15,18)(H,21,22)(H4,13,14,16)/t5-,6+,9+/m0/s1. The molecule has 0 fully saturated rings. The van der Waals surface area contributed by atoms with E-state index in [4.69, 9.17) is 26.4 Å². The molecule has 23 heavy (non-hydrogen) atoms. The minimum Gasteiger partial charge on any atom is -0.475 e. The van der Waals surface area contributed by atoms with Crippen molar-refractivity contribution in [3.63, 3.8) is 0 Å². The first kappa shape index (κ1) is 18.4. The first-order chi connectivity index (χ1) is 10.7. The topological polar surface area (TPSA) is 201 Å². The molecular weight excluding hydrogens is 312 g/mol. The highest BCUT2D eigenvalue weighted by Gasteiger charge is 2.35. The third-order valence-electron chi connectivity index (χ3n) is 2.72. The molecule has 0 spiro atoms. The summed E-state index contributed by atoms with van der Waals surface area (Å²) in [6.45, 7) is 0.322. The SMILES string of the molecule is CC(=O)NC1=C([C@H](O)[C@H](O)CO)OC(C(=O)O)=C[C@@H]1N=C(N)N. The third-order valence-corrected chi connectivity index (χ3v) is 2.72. The van der Waals surface area contributed by atoms with Gasteiger partial charge in [0.15, 0.2) is 11.7 Å². The lowest BCUT2D eigenvalue weighted by atomic mass is 10.0. The number of carbonyl (C=O) groups excluding carboxylic acids is 1. The molecule has 0 unspecified atom stereocenters. The van der Waals surface area contributed by atoms with Gasteiger partial charge in [-0.2, -0.15) is 0 Å². The Labute approximate surface area is 130 Å². The zero-order valence-electron chi connectivity index (χ0n) is 12.1. The summed E-state index contributed by atoms with van der Waals surface area (Å²) in [5, 5.41) is 39.8. The van der Waals surface area contributed by atoms with E-state index < -0.39 is 54.2 Å². The second-order valence-corrected chi connectivity index (χ2v) is 4.59. The summed E-state index contributed by atoms with van der Waals surface area (Å²) in [5.41, 5.74) is 10.4. The van der Waals surface area contributed by atoms with E-state index in [0.29, 0.717) is 0 Å². The number of aliphatic hydroxyl groups is 3. The van der Waals surface area contributed by atoms with Crippen molar-refractivity contribution in [3.8, 4) is 0 Å². The number of hydrogen-bond acceptors (Lipinski definition) is 7. The van der Waals surface area contributed by atoms with E-state index in [1.54, 1.807) is 0 Å². The van der Waals surface area contributed by atoms with Gasteiger partial charge in [-0.05, 0) is 6.08 Å². The van der Waals surface area contributed by atoms with E-state index in [0.717, 1.165) is 13.0 Å². The number of aliphatic imine (C=N–C) groups is 1. The lowest BCUT2D eigenvalue weighted by Gasteiger charge is -2.28. The number of aliphatic hydroxyl groups excluding tert-OH is 3. The maximum absolute atomic E-state index is 11.3. The molecule has 1 aliphatic rings. The van der Waals surface area contributed by atoms with Crippen molar-refractivity contribution in [1.29, 1.82) is 0 Å². The van der Waals surface area contributed by atoms with Gasteiger partial charge < -0.3 is 41.9 Å². The molecule has 1 rings (SSSR count). The monoisotopic (exact) mass is 330 g/mol. The van der Waals surface area contributed by atoms with Crippen molar-refractivity contribution in [2.24, 2.45) is 16.5 Å². The van der Waals surface area contributed by atoms with Crippen LogP contribution in [0, 0.1) is 0 Å². The molecule has 0 aromatic heterocycles. The van der Waals surface area contributed by atoms with Gasteiger partial charge in [-0.25, -0.2) is 9.79 Å². The number of carboxylic acids is 1. The molecule has 1 amide bonds. The van der Waals surface area contributed by atoms with E-state index in [1.165, 1.54) is 0 Å². The largest absolute Gasteiger partial charge is 0.475 e. The number of amides is 1. The number of guanidine groups is 1. The van der Waals surface area contributed by atoms with Gasteiger partial charge in [0, 0.05) is 6.92 Å². The third kappa shape index (κ3) is 4.67. The zero-order chi connectivity index (χ0) is 17.7. The Morgan fingerprint density at radius 3 is 2.48 bits per heavy atom. The van der Waals surface area contributed by atoms with Gasteiger partial charge in [-0.3, -0.25) is 4.79 Å². The van der Waals surface area contributed by atoms with Crippen molar-refractivity contribution in [2.75, 3.05) is 6.61 Å². The molecule has 11 heteroatoms. The second kappa shape index (κ2) is 7.58. The van der Waals surface area contributed by atoms with Gasteiger partial charge in [0.2, 0.25) is 11.7 Å². The highest BCUT2D eigenvalue weighted by atomic mass is 16.5. The number of nitrogens with zero attached hydrogens (tertiary/aromatic N) is 1. The summed E-state index contributed by atoms with van der Waals surface area (Å²) >= 11 is 0. The van der Waals surface area contributed by atoms with Crippen LogP contribution in [-0.4, -0.2) is 63.1 Å². The van der Waals surface area contributed by atoms with Crippen LogP contribution in [0.1, 0.15) is 6.92 Å². The molecule has 1 heterocycles. The van der Waals surface area contributed by atoms with Crippen LogP contribution in [0.2, 0.25) is 0 Å².